The third-order valence-electron chi connectivity index (χ3n) is 5.61. The van der Waals surface area contributed by atoms with E-state index in [4.69, 9.17) is 0 Å². The number of nitrogens with zero attached hydrogens (tertiary/aromatic N) is 1. The number of hydrogen-bond acceptors (Lipinski definition) is 9. The van der Waals surface area contributed by atoms with Crippen LogP contribution in [-0.4, -0.2) is 104 Å². The predicted octanol–water partition coefficient (Wildman–Crippen LogP) is -0.950. The summed E-state index contributed by atoms with van der Waals surface area (Å²) < 4.78 is 4.45. The van der Waals surface area contributed by atoms with Crippen LogP contribution in [0.4, 0.5) is 0 Å². The normalized spacial score (nSPS) is 18.6. The minimum absolute atomic E-state index is 0.0131. The summed E-state index contributed by atoms with van der Waals surface area (Å²) in [4.78, 5) is 62.8. The molecule has 0 unspecified atom stereocenters. The van der Waals surface area contributed by atoms with Crippen LogP contribution in [0.15, 0.2) is 0 Å². The Morgan fingerprint density at radius 2 is 1.94 bits per heavy atom. The van der Waals surface area contributed by atoms with Gasteiger partial charge in [-0.15, -0.1) is 0 Å². The van der Waals surface area contributed by atoms with Gasteiger partial charge in [-0.25, -0.2) is 0 Å². The number of hydrogen-bond donors (Lipinski definition) is 4. The summed E-state index contributed by atoms with van der Waals surface area (Å²) in [5.41, 5.74) is -1.29. The summed E-state index contributed by atoms with van der Waals surface area (Å²) in [5.74, 6) is -1.01. The number of carbonyl (C=O) groups excluding carboxylic acids is 5. The van der Waals surface area contributed by atoms with Crippen molar-refractivity contribution in [3.05, 3.63) is 0 Å². The molecule has 1 heterocycles. The van der Waals surface area contributed by atoms with E-state index in [2.05, 4.69) is 30.9 Å². The molecule has 4 N–H and O–H groups in total. The van der Waals surface area contributed by atoms with E-state index in [-0.39, 0.29) is 37.6 Å². The summed E-state index contributed by atoms with van der Waals surface area (Å²) in [7, 11) is 1.22. The lowest BCUT2D eigenvalue weighted by molar-refractivity contribution is -0.141. The smallest absolute Gasteiger partial charge is 0.325 e. The molecule has 34 heavy (non-hydrogen) atoms. The summed E-state index contributed by atoms with van der Waals surface area (Å²) in [5, 5.41) is 10.8. The topological polar surface area (TPSA) is 146 Å². The fraction of sp³-hybridized carbons (Fsp3) is 0.773. The molecule has 3 atom stereocenters. The van der Waals surface area contributed by atoms with Gasteiger partial charge in [0.1, 0.15) is 24.4 Å². The zero-order chi connectivity index (χ0) is 25.7. The third kappa shape index (κ3) is 9.98. The van der Waals surface area contributed by atoms with E-state index in [1.807, 2.05) is 20.1 Å². The third-order valence-corrected chi connectivity index (χ3v) is 6.25. The first-order valence-electron chi connectivity index (χ1n) is 11.4. The molecule has 3 amide bonds. The van der Waals surface area contributed by atoms with Crippen LogP contribution < -0.4 is 21.3 Å². The van der Waals surface area contributed by atoms with Crippen molar-refractivity contribution in [3.8, 4) is 0 Å². The van der Waals surface area contributed by atoms with E-state index in [0.29, 0.717) is 18.5 Å². The second-order valence-corrected chi connectivity index (χ2v) is 9.80. The molecule has 1 aliphatic heterocycles. The van der Waals surface area contributed by atoms with Gasteiger partial charge in [0, 0.05) is 12.6 Å². The first-order chi connectivity index (χ1) is 16.1. The van der Waals surface area contributed by atoms with E-state index < -0.39 is 29.4 Å². The van der Waals surface area contributed by atoms with Crippen LogP contribution in [0, 0.1) is 0 Å². The molecular weight excluding hydrogens is 462 g/mol. The van der Waals surface area contributed by atoms with Crippen molar-refractivity contribution in [2.24, 2.45) is 0 Å². The zero-order valence-corrected chi connectivity index (χ0v) is 21.6. The van der Waals surface area contributed by atoms with E-state index in [1.54, 1.807) is 11.8 Å². The molecule has 0 aromatic heterocycles. The number of carbonyl (C=O) groups is 5. The van der Waals surface area contributed by atoms with Crippen LogP contribution in [-0.2, 0) is 28.7 Å². The average Bonchev–Trinajstić information content (AvgIpc) is 3.30. The van der Waals surface area contributed by atoms with Gasteiger partial charge in [-0.2, -0.15) is 11.8 Å². The van der Waals surface area contributed by atoms with Crippen LogP contribution in [0.2, 0.25) is 0 Å². The Morgan fingerprint density at radius 3 is 2.53 bits per heavy atom. The van der Waals surface area contributed by atoms with Crippen LogP contribution in [0.1, 0.15) is 40.0 Å². The van der Waals surface area contributed by atoms with Crippen molar-refractivity contribution in [1.29, 1.82) is 0 Å². The number of methoxy groups -OCH3 is 1. The standard InChI is InChI=1S/C22H39N5O6S/c1-15(2)27-9-6-7-17(27)21(32)25-16(8-10-34-5)20(31)26-22(3,14-28)13-23-11-18(29)24-12-19(30)33-4/h14-17,23H,6-13H2,1-5H3,(H,24,29)(H,25,32)(H,26,31)/t16-,17-,22-/m0/s1. The maximum Gasteiger partial charge on any atom is 0.325 e. The predicted molar refractivity (Wildman–Crippen MR) is 130 cm³/mol. The highest BCUT2D eigenvalue weighted by atomic mass is 32.2. The molecule has 0 radical (unpaired) electrons. The molecular formula is C22H39N5O6S. The van der Waals surface area contributed by atoms with Gasteiger partial charge in [0.15, 0.2) is 0 Å². The van der Waals surface area contributed by atoms with Crippen molar-refractivity contribution in [3.63, 3.8) is 0 Å². The lowest BCUT2D eigenvalue weighted by Crippen LogP contribution is -2.60. The molecule has 0 aliphatic carbocycles. The Hall–Kier alpha value is -2.18. The number of esters is 1. The van der Waals surface area contributed by atoms with Crippen molar-refractivity contribution in [2.75, 3.05) is 45.3 Å². The van der Waals surface area contributed by atoms with E-state index in [0.717, 1.165) is 19.4 Å². The van der Waals surface area contributed by atoms with Crippen molar-refractivity contribution in [1.82, 2.24) is 26.2 Å². The largest absolute Gasteiger partial charge is 0.468 e. The molecule has 0 aromatic rings. The maximum absolute atomic E-state index is 13.0. The first kappa shape index (κ1) is 29.9. The molecule has 0 spiro atoms. The monoisotopic (exact) mass is 501 g/mol. The summed E-state index contributed by atoms with van der Waals surface area (Å²) in [6.07, 6.45) is 4.61. The minimum atomic E-state index is -1.29. The van der Waals surface area contributed by atoms with Gasteiger partial charge in [0.25, 0.3) is 0 Å². The fourth-order valence-corrected chi connectivity index (χ4v) is 4.16. The van der Waals surface area contributed by atoms with Gasteiger partial charge < -0.3 is 30.8 Å². The number of likely N-dealkylation sites (tertiary alicyclic amines) is 1. The second-order valence-electron chi connectivity index (χ2n) is 8.81. The van der Waals surface area contributed by atoms with Crippen molar-refractivity contribution in [2.45, 2.75) is 63.7 Å². The molecule has 12 heteroatoms. The Kier molecular flexibility index (Phi) is 13.1. The van der Waals surface area contributed by atoms with Gasteiger partial charge in [-0.05, 0) is 58.6 Å². The molecule has 1 fully saturated rings. The van der Waals surface area contributed by atoms with Gasteiger partial charge in [-0.1, -0.05) is 0 Å². The molecule has 11 nitrogen and oxygen atoms in total. The van der Waals surface area contributed by atoms with E-state index in [1.165, 1.54) is 14.0 Å². The van der Waals surface area contributed by atoms with Gasteiger partial charge in [-0.3, -0.25) is 24.1 Å². The van der Waals surface area contributed by atoms with Crippen LogP contribution in [0.25, 0.3) is 0 Å². The highest BCUT2D eigenvalue weighted by Gasteiger charge is 2.35. The number of aldehydes is 1. The molecule has 0 aromatic carbocycles. The Bertz CT molecular complexity index is 722. The van der Waals surface area contributed by atoms with E-state index >= 15 is 0 Å². The quantitative estimate of drug-likeness (QED) is 0.165. The number of nitrogens with one attached hydrogen (secondary N) is 4. The molecule has 0 saturated carbocycles. The van der Waals surface area contributed by atoms with Crippen LogP contribution >= 0.6 is 11.8 Å². The van der Waals surface area contributed by atoms with E-state index in [9.17, 15) is 24.0 Å². The molecule has 0 bridgehead atoms. The highest BCUT2D eigenvalue weighted by molar-refractivity contribution is 7.98. The molecule has 1 rings (SSSR count). The minimum Gasteiger partial charge on any atom is -0.468 e. The fourth-order valence-electron chi connectivity index (χ4n) is 3.69. The van der Waals surface area contributed by atoms with Crippen molar-refractivity contribution >= 4 is 41.7 Å². The SMILES string of the molecule is COC(=O)CNC(=O)CNC[C@@](C)(C=O)NC(=O)[C@H](CCSC)NC(=O)[C@@H]1CCCN1C(C)C. The molecule has 1 aliphatic rings. The zero-order valence-electron chi connectivity index (χ0n) is 20.8. The van der Waals surface area contributed by atoms with Crippen LogP contribution in [0.5, 0.6) is 0 Å². The maximum atomic E-state index is 13.0. The Morgan fingerprint density at radius 1 is 1.24 bits per heavy atom. The Labute approximate surface area is 205 Å². The molecule has 194 valence electrons. The number of ether oxygens (including phenoxy) is 1. The first-order valence-corrected chi connectivity index (χ1v) is 12.8. The summed E-state index contributed by atoms with van der Waals surface area (Å²) in [6.45, 7) is 6.03. The second kappa shape index (κ2) is 14.9. The molecule has 1 saturated heterocycles. The highest BCUT2D eigenvalue weighted by Crippen LogP contribution is 2.20. The van der Waals surface area contributed by atoms with Crippen LogP contribution in [0.3, 0.4) is 0 Å². The summed E-state index contributed by atoms with van der Waals surface area (Å²) in [6, 6.07) is -0.824. The lowest BCUT2D eigenvalue weighted by atomic mass is 10.0. The lowest BCUT2D eigenvalue weighted by Gasteiger charge is -2.31. The number of thioether (sulfide) groups is 1. The average molecular weight is 502 g/mol. The van der Waals surface area contributed by atoms with Gasteiger partial charge in [0.05, 0.1) is 19.7 Å². The number of rotatable bonds is 15. The van der Waals surface area contributed by atoms with Crippen molar-refractivity contribution < 1.29 is 28.7 Å². The van der Waals surface area contributed by atoms with Gasteiger partial charge >= 0.3 is 5.97 Å². The van der Waals surface area contributed by atoms with Gasteiger partial charge in [0.2, 0.25) is 17.7 Å². The Balaban J connectivity index is 2.69. The summed E-state index contributed by atoms with van der Waals surface area (Å²) >= 11 is 1.56. The number of amides is 3.